The average molecular weight is 248 g/mol. The van der Waals surface area contributed by atoms with E-state index in [0.717, 1.165) is 19.5 Å². The predicted octanol–water partition coefficient (Wildman–Crippen LogP) is 0.878. The normalized spacial score (nSPS) is 19.9. The molecule has 1 amide bonds. The van der Waals surface area contributed by atoms with Crippen LogP contribution in [-0.4, -0.2) is 41.5 Å². The van der Waals surface area contributed by atoms with Crippen LogP contribution < -0.4 is 11.1 Å². The van der Waals surface area contributed by atoms with Crippen LogP contribution in [0.5, 0.6) is 0 Å². The lowest BCUT2D eigenvalue weighted by atomic mass is 10.2. The van der Waals surface area contributed by atoms with Crippen LogP contribution in [0.3, 0.4) is 0 Å². The molecule has 0 spiro atoms. The SMILES string of the molecule is CCN1CCCC1CNC(=O)c1cc(N)ccn1. The lowest BCUT2D eigenvalue weighted by Crippen LogP contribution is -2.40. The number of pyridine rings is 1. The summed E-state index contributed by atoms with van der Waals surface area (Å²) in [6, 6.07) is 3.73. The Morgan fingerprint density at radius 2 is 2.50 bits per heavy atom. The molecule has 3 N–H and O–H groups in total. The van der Waals surface area contributed by atoms with Crippen molar-refractivity contribution in [1.82, 2.24) is 15.2 Å². The van der Waals surface area contributed by atoms with Crippen molar-refractivity contribution in [2.24, 2.45) is 0 Å². The van der Waals surface area contributed by atoms with Crippen molar-refractivity contribution in [2.45, 2.75) is 25.8 Å². The Morgan fingerprint density at radius 1 is 1.67 bits per heavy atom. The topological polar surface area (TPSA) is 71.2 Å². The van der Waals surface area contributed by atoms with Crippen molar-refractivity contribution in [3.05, 3.63) is 24.0 Å². The molecule has 1 aromatic heterocycles. The summed E-state index contributed by atoms with van der Waals surface area (Å²) in [6.45, 7) is 5.01. The fourth-order valence-corrected chi connectivity index (χ4v) is 2.41. The highest BCUT2D eigenvalue weighted by Gasteiger charge is 2.23. The number of hydrogen-bond acceptors (Lipinski definition) is 4. The van der Waals surface area contributed by atoms with Crippen LogP contribution >= 0.6 is 0 Å². The molecule has 5 heteroatoms. The maximum absolute atomic E-state index is 11.9. The molecule has 1 atom stereocenters. The van der Waals surface area contributed by atoms with E-state index in [1.807, 2.05) is 0 Å². The summed E-state index contributed by atoms with van der Waals surface area (Å²) in [5.41, 5.74) is 6.58. The van der Waals surface area contributed by atoms with Crippen molar-refractivity contribution in [2.75, 3.05) is 25.4 Å². The summed E-state index contributed by atoms with van der Waals surface area (Å²) in [7, 11) is 0. The summed E-state index contributed by atoms with van der Waals surface area (Å²) >= 11 is 0. The number of amides is 1. The Morgan fingerprint density at radius 3 is 3.22 bits per heavy atom. The van der Waals surface area contributed by atoms with E-state index in [9.17, 15) is 4.79 Å². The number of nitrogens with two attached hydrogens (primary N) is 1. The van der Waals surface area contributed by atoms with Crippen molar-refractivity contribution < 1.29 is 4.79 Å². The van der Waals surface area contributed by atoms with E-state index in [4.69, 9.17) is 5.73 Å². The van der Waals surface area contributed by atoms with Crippen LogP contribution in [0, 0.1) is 0 Å². The molecule has 0 bridgehead atoms. The summed E-state index contributed by atoms with van der Waals surface area (Å²) in [5.74, 6) is -0.148. The number of aromatic nitrogens is 1. The molecule has 1 fully saturated rings. The first-order chi connectivity index (χ1) is 8.70. The van der Waals surface area contributed by atoms with Crippen molar-refractivity contribution in [1.29, 1.82) is 0 Å². The fraction of sp³-hybridized carbons (Fsp3) is 0.538. The van der Waals surface area contributed by atoms with Gasteiger partial charge >= 0.3 is 0 Å². The number of rotatable bonds is 4. The molecule has 1 unspecified atom stereocenters. The van der Waals surface area contributed by atoms with Gasteiger partial charge in [-0.05, 0) is 38.1 Å². The second-order valence-electron chi connectivity index (χ2n) is 4.61. The quantitative estimate of drug-likeness (QED) is 0.829. The van der Waals surface area contributed by atoms with Gasteiger partial charge in [-0.1, -0.05) is 6.92 Å². The minimum Gasteiger partial charge on any atom is -0.399 e. The number of carbonyl (C=O) groups is 1. The van der Waals surface area contributed by atoms with Gasteiger partial charge in [0.05, 0.1) is 0 Å². The predicted molar refractivity (Wildman–Crippen MR) is 71.3 cm³/mol. The summed E-state index contributed by atoms with van der Waals surface area (Å²) in [5, 5.41) is 2.93. The Bertz CT molecular complexity index is 421. The lowest BCUT2D eigenvalue weighted by Gasteiger charge is -2.22. The Kier molecular flexibility index (Phi) is 4.15. The molecule has 2 rings (SSSR count). The van der Waals surface area contributed by atoms with E-state index in [2.05, 4.69) is 22.1 Å². The molecule has 0 aromatic carbocycles. The number of likely N-dealkylation sites (tertiary alicyclic amines) is 1. The van der Waals surface area contributed by atoms with Gasteiger partial charge in [0.25, 0.3) is 5.91 Å². The highest BCUT2D eigenvalue weighted by atomic mass is 16.1. The van der Waals surface area contributed by atoms with Crippen LogP contribution in [0.4, 0.5) is 5.69 Å². The summed E-state index contributed by atoms with van der Waals surface area (Å²) in [6.07, 6.45) is 3.92. The van der Waals surface area contributed by atoms with Gasteiger partial charge in [0.2, 0.25) is 0 Å². The molecule has 5 nitrogen and oxygen atoms in total. The zero-order chi connectivity index (χ0) is 13.0. The third kappa shape index (κ3) is 2.98. The third-order valence-corrected chi connectivity index (χ3v) is 3.42. The molecular weight excluding hydrogens is 228 g/mol. The molecule has 1 aliphatic heterocycles. The number of carbonyl (C=O) groups excluding carboxylic acids is 1. The Labute approximate surface area is 107 Å². The highest BCUT2D eigenvalue weighted by Crippen LogP contribution is 2.15. The van der Waals surface area contributed by atoms with Gasteiger partial charge in [-0.3, -0.25) is 14.7 Å². The third-order valence-electron chi connectivity index (χ3n) is 3.42. The second kappa shape index (κ2) is 5.82. The number of nitrogen functional groups attached to an aromatic ring is 1. The number of nitrogens with zero attached hydrogens (tertiary/aromatic N) is 2. The first kappa shape index (κ1) is 12.8. The highest BCUT2D eigenvalue weighted by molar-refractivity contribution is 5.92. The molecule has 0 saturated carbocycles. The smallest absolute Gasteiger partial charge is 0.270 e. The Hall–Kier alpha value is -1.62. The van der Waals surface area contributed by atoms with Gasteiger partial charge in [0, 0.05) is 24.5 Å². The minimum atomic E-state index is -0.148. The maximum Gasteiger partial charge on any atom is 0.270 e. The van der Waals surface area contributed by atoms with E-state index in [1.54, 1.807) is 18.3 Å². The lowest BCUT2D eigenvalue weighted by molar-refractivity contribution is 0.0936. The standard InChI is InChI=1S/C13H20N4O/c1-2-17-7-3-4-11(17)9-16-13(18)12-8-10(14)5-6-15-12/h5-6,8,11H,2-4,7,9H2,1H3,(H2,14,15)(H,16,18). The monoisotopic (exact) mass is 248 g/mol. The average Bonchev–Trinajstić information content (AvgIpc) is 2.83. The summed E-state index contributed by atoms with van der Waals surface area (Å²) in [4.78, 5) is 18.3. The van der Waals surface area contributed by atoms with Crippen LogP contribution in [0.2, 0.25) is 0 Å². The summed E-state index contributed by atoms with van der Waals surface area (Å²) < 4.78 is 0. The number of anilines is 1. The molecule has 1 aromatic rings. The maximum atomic E-state index is 11.9. The van der Waals surface area contributed by atoms with Crippen molar-refractivity contribution in [3.63, 3.8) is 0 Å². The number of nitrogens with one attached hydrogen (secondary N) is 1. The van der Waals surface area contributed by atoms with Gasteiger partial charge in [-0.2, -0.15) is 0 Å². The first-order valence-electron chi connectivity index (χ1n) is 6.44. The van der Waals surface area contributed by atoms with Gasteiger partial charge in [-0.15, -0.1) is 0 Å². The van der Waals surface area contributed by atoms with Crippen LogP contribution in [0.25, 0.3) is 0 Å². The molecule has 2 heterocycles. The largest absolute Gasteiger partial charge is 0.399 e. The first-order valence-corrected chi connectivity index (χ1v) is 6.44. The number of likely N-dealkylation sites (N-methyl/N-ethyl adjacent to an activating group) is 1. The van der Waals surface area contributed by atoms with Gasteiger partial charge in [0.1, 0.15) is 5.69 Å². The fourth-order valence-electron chi connectivity index (χ4n) is 2.41. The number of hydrogen-bond donors (Lipinski definition) is 2. The van der Waals surface area contributed by atoms with Gasteiger partial charge < -0.3 is 11.1 Å². The molecule has 0 aliphatic carbocycles. The van der Waals surface area contributed by atoms with Crippen molar-refractivity contribution in [3.8, 4) is 0 Å². The van der Waals surface area contributed by atoms with E-state index in [0.29, 0.717) is 24.0 Å². The van der Waals surface area contributed by atoms with E-state index in [1.165, 1.54) is 6.42 Å². The Balaban J connectivity index is 1.88. The van der Waals surface area contributed by atoms with E-state index in [-0.39, 0.29) is 5.91 Å². The molecule has 18 heavy (non-hydrogen) atoms. The molecule has 0 radical (unpaired) electrons. The zero-order valence-corrected chi connectivity index (χ0v) is 10.7. The van der Waals surface area contributed by atoms with Crippen LogP contribution in [0.1, 0.15) is 30.3 Å². The molecular formula is C13H20N4O. The van der Waals surface area contributed by atoms with Gasteiger partial charge in [0.15, 0.2) is 0 Å². The van der Waals surface area contributed by atoms with E-state index < -0.39 is 0 Å². The van der Waals surface area contributed by atoms with Crippen molar-refractivity contribution >= 4 is 11.6 Å². The zero-order valence-electron chi connectivity index (χ0n) is 10.7. The van der Waals surface area contributed by atoms with Gasteiger partial charge in [-0.25, -0.2) is 0 Å². The molecule has 98 valence electrons. The molecule has 1 saturated heterocycles. The molecule has 1 aliphatic rings. The second-order valence-corrected chi connectivity index (χ2v) is 4.61. The minimum absolute atomic E-state index is 0.148. The van der Waals surface area contributed by atoms with Crippen LogP contribution in [-0.2, 0) is 0 Å². The van der Waals surface area contributed by atoms with E-state index >= 15 is 0 Å². The van der Waals surface area contributed by atoms with Crippen LogP contribution in [0.15, 0.2) is 18.3 Å².